The molecule has 19 heavy (non-hydrogen) atoms. The van der Waals surface area contributed by atoms with Crippen LogP contribution >= 0.6 is 15.9 Å². The van der Waals surface area contributed by atoms with Gasteiger partial charge in [0.15, 0.2) is 0 Å². The van der Waals surface area contributed by atoms with Crippen LogP contribution in [0.25, 0.3) is 0 Å². The highest BCUT2D eigenvalue weighted by atomic mass is 79.9. The van der Waals surface area contributed by atoms with E-state index in [1.165, 1.54) is 4.90 Å². The van der Waals surface area contributed by atoms with Gasteiger partial charge in [-0.2, -0.15) is 0 Å². The Morgan fingerprint density at radius 2 is 1.68 bits per heavy atom. The molecule has 0 spiro atoms. The Kier molecular flexibility index (Phi) is 3.05. The third-order valence-corrected chi connectivity index (χ3v) is 4.49. The van der Waals surface area contributed by atoms with E-state index in [1.807, 2.05) is 37.3 Å². The maximum atomic E-state index is 12.4. The molecule has 2 atom stereocenters. The van der Waals surface area contributed by atoms with Gasteiger partial charge in [0, 0.05) is 4.47 Å². The average molecular weight is 320 g/mol. The van der Waals surface area contributed by atoms with Gasteiger partial charge in [-0.15, -0.1) is 0 Å². The van der Waals surface area contributed by atoms with Gasteiger partial charge in [0.2, 0.25) is 11.8 Å². The van der Waals surface area contributed by atoms with E-state index in [0.29, 0.717) is 18.5 Å². The van der Waals surface area contributed by atoms with Crippen LogP contribution in [0, 0.1) is 18.8 Å². The Bertz CT molecular complexity index is 568. The fourth-order valence-electron chi connectivity index (χ4n) is 2.83. The van der Waals surface area contributed by atoms with E-state index < -0.39 is 0 Å². The first kappa shape index (κ1) is 12.6. The molecule has 0 saturated carbocycles. The average Bonchev–Trinajstić information content (AvgIpc) is 2.64. The lowest BCUT2D eigenvalue weighted by molar-refractivity contribution is -0.122. The van der Waals surface area contributed by atoms with E-state index in [9.17, 15) is 9.59 Å². The zero-order valence-corrected chi connectivity index (χ0v) is 12.2. The van der Waals surface area contributed by atoms with Crippen molar-refractivity contribution in [1.29, 1.82) is 0 Å². The first-order valence-corrected chi connectivity index (χ1v) is 7.18. The van der Waals surface area contributed by atoms with Crippen molar-refractivity contribution in [3.63, 3.8) is 0 Å². The maximum absolute atomic E-state index is 12.4. The normalized spacial score (nSPS) is 25.9. The van der Waals surface area contributed by atoms with Gasteiger partial charge in [-0.1, -0.05) is 18.2 Å². The number of amides is 2. The fourth-order valence-corrected chi connectivity index (χ4v) is 3.50. The summed E-state index contributed by atoms with van der Waals surface area (Å²) >= 11 is 3.45. The quantitative estimate of drug-likeness (QED) is 0.588. The van der Waals surface area contributed by atoms with E-state index >= 15 is 0 Å². The van der Waals surface area contributed by atoms with Crippen LogP contribution in [0.1, 0.15) is 18.4 Å². The zero-order chi connectivity index (χ0) is 13.6. The summed E-state index contributed by atoms with van der Waals surface area (Å²) in [6, 6.07) is 5.68. The predicted octanol–water partition coefficient (Wildman–Crippen LogP) is 3.21. The van der Waals surface area contributed by atoms with Crippen molar-refractivity contribution in [2.45, 2.75) is 19.8 Å². The molecule has 1 aromatic carbocycles. The molecule has 0 bridgehead atoms. The summed E-state index contributed by atoms with van der Waals surface area (Å²) in [6.07, 6.45) is 5.35. The lowest BCUT2D eigenvalue weighted by Crippen LogP contribution is -2.31. The standard InChI is InChI=1S/C15H14BrNO2/c1-9-6-7-13(12(16)8-9)17-14(18)10-4-2-3-5-11(10)15(17)19/h2-3,6-8,10-11H,4-5H2,1H3/t10-,11-/m0/s1. The van der Waals surface area contributed by atoms with E-state index in [0.717, 1.165) is 10.0 Å². The van der Waals surface area contributed by atoms with Gasteiger partial charge in [-0.05, 0) is 53.4 Å². The van der Waals surface area contributed by atoms with Gasteiger partial charge in [-0.25, -0.2) is 4.90 Å². The minimum Gasteiger partial charge on any atom is -0.274 e. The van der Waals surface area contributed by atoms with Crippen molar-refractivity contribution in [2.24, 2.45) is 11.8 Å². The second-order valence-electron chi connectivity index (χ2n) is 5.12. The summed E-state index contributed by atoms with van der Waals surface area (Å²) in [6.45, 7) is 1.98. The van der Waals surface area contributed by atoms with Crippen molar-refractivity contribution in [2.75, 3.05) is 4.90 Å². The number of anilines is 1. The molecule has 3 rings (SSSR count). The molecule has 1 heterocycles. The van der Waals surface area contributed by atoms with Crippen LogP contribution in [0.15, 0.2) is 34.8 Å². The van der Waals surface area contributed by atoms with Crippen molar-refractivity contribution in [3.05, 3.63) is 40.4 Å². The van der Waals surface area contributed by atoms with E-state index in [2.05, 4.69) is 15.9 Å². The first-order valence-electron chi connectivity index (χ1n) is 6.38. The molecule has 1 fully saturated rings. The van der Waals surface area contributed by atoms with Crippen LogP contribution in [0.2, 0.25) is 0 Å². The first-order chi connectivity index (χ1) is 9.09. The molecule has 3 nitrogen and oxygen atoms in total. The van der Waals surface area contributed by atoms with E-state index in [1.54, 1.807) is 0 Å². The van der Waals surface area contributed by atoms with E-state index in [-0.39, 0.29) is 23.7 Å². The van der Waals surface area contributed by atoms with Gasteiger partial charge in [0.05, 0.1) is 17.5 Å². The highest BCUT2D eigenvalue weighted by Gasteiger charge is 2.48. The third-order valence-electron chi connectivity index (χ3n) is 3.85. The van der Waals surface area contributed by atoms with Crippen molar-refractivity contribution < 1.29 is 9.59 Å². The Hall–Kier alpha value is -1.42. The summed E-state index contributed by atoms with van der Waals surface area (Å²) in [5, 5.41) is 0. The van der Waals surface area contributed by atoms with Gasteiger partial charge in [0.1, 0.15) is 0 Å². The van der Waals surface area contributed by atoms with Crippen molar-refractivity contribution in [1.82, 2.24) is 0 Å². The fraction of sp³-hybridized carbons (Fsp3) is 0.333. The number of allylic oxidation sites excluding steroid dienone is 2. The van der Waals surface area contributed by atoms with Gasteiger partial charge in [-0.3, -0.25) is 9.59 Å². The summed E-state index contributed by atoms with van der Waals surface area (Å²) in [4.78, 5) is 26.2. The molecule has 1 aromatic rings. The van der Waals surface area contributed by atoms with Crippen molar-refractivity contribution >= 4 is 33.4 Å². The molecule has 0 radical (unpaired) electrons. The van der Waals surface area contributed by atoms with Crippen LogP contribution < -0.4 is 4.90 Å². The Balaban J connectivity index is 2.02. The number of benzene rings is 1. The highest BCUT2D eigenvalue weighted by molar-refractivity contribution is 9.10. The zero-order valence-electron chi connectivity index (χ0n) is 10.6. The monoisotopic (exact) mass is 319 g/mol. The van der Waals surface area contributed by atoms with Crippen LogP contribution in [-0.4, -0.2) is 11.8 Å². The second-order valence-corrected chi connectivity index (χ2v) is 5.98. The third kappa shape index (κ3) is 1.94. The van der Waals surface area contributed by atoms with Gasteiger partial charge in [0.25, 0.3) is 0 Å². The van der Waals surface area contributed by atoms with Crippen LogP contribution in [0.3, 0.4) is 0 Å². The molecule has 4 heteroatoms. The second kappa shape index (κ2) is 4.60. The number of imide groups is 1. The number of aryl methyl sites for hydroxylation is 1. The molecule has 1 saturated heterocycles. The molecule has 1 aliphatic carbocycles. The molecular formula is C15H14BrNO2. The summed E-state index contributed by atoms with van der Waals surface area (Å²) < 4.78 is 0.792. The number of hydrogen-bond donors (Lipinski definition) is 0. The summed E-state index contributed by atoms with van der Waals surface area (Å²) in [5.41, 5.74) is 1.75. The molecule has 98 valence electrons. The number of halogens is 1. The van der Waals surface area contributed by atoms with Crippen LogP contribution in [0.4, 0.5) is 5.69 Å². The topological polar surface area (TPSA) is 37.4 Å². The molecule has 2 amide bonds. The van der Waals surface area contributed by atoms with Crippen LogP contribution in [0.5, 0.6) is 0 Å². The minimum absolute atomic E-state index is 0.0658. The SMILES string of the molecule is Cc1ccc(N2C(=O)[C@H]3CC=CC[C@@H]3C2=O)c(Br)c1. The number of carbonyl (C=O) groups is 2. The summed E-state index contributed by atoms with van der Waals surface area (Å²) in [5.74, 6) is -0.482. The molecule has 2 aliphatic rings. The molecular weight excluding hydrogens is 306 g/mol. The number of fused-ring (bicyclic) bond motifs is 1. The number of nitrogens with zero attached hydrogens (tertiary/aromatic N) is 1. The molecule has 0 N–H and O–H groups in total. The minimum atomic E-state index is -0.175. The Morgan fingerprint density at radius 3 is 2.21 bits per heavy atom. The van der Waals surface area contributed by atoms with Gasteiger partial charge >= 0.3 is 0 Å². The number of carbonyl (C=O) groups excluding carboxylic acids is 2. The summed E-state index contributed by atoms with van der Waals surface area (Å²) in [7, 11) is 0. The van der Waals surface area contributed by atoms with Gasteiger partial charge < -0.3 is 0 Å². The Morgan fingerprint density at radius 1 is 1.11 bits per heavy atom. The predicted molar refractivity (Wildman–Crippen MR) is 76.7 cm³/mol. The van der Waals surface area contributed by atoms with Crippen LogP contribution in [-0.2, 0) is 9.59 Å². The lowest BCUT2D eigenvalue weighted by Gasteiger charge is -2.16. The number of hydrogen-bond acceptors (Lipinski definition) is 2. The largest absolute Gasteiger partial charge is 0.274 e. The molecule has 1 aliphatic heterocycles. The molecule has 0 aromatic heterocycles. The highest BCUT2D eigenvalue weighted by Crippen LogP contribution is 2.40. The number of rotatable bonds is 1. The Labute approximate surface area is 120 Å². The van der Waals surface area contributed by atoms with Crippen molar-refractivity contribution in [3.8, 4) is 0 Å². The maximum Gasteiger partial charge on any atom is 0.238 e. The molecule has 0 unspecified atom stereocenters. The van der Waals surface area contributed by atoms with E-state index in [4.69, 9.17) is 0 Å². The lowest BCUT2D eigenvalue weighted by atomic mass is 9.85. The smallest absolute Gasteiger partial charge is 0.238 e.